The molecular weight excluding hydrogens is 646 g/mol. The normalized spacial score (nSPS) is 23.6. The maximum Gasteiger partial charge on any atom is 0.410 e. The van der Waals surface area contributed by atoms with E-state index in [1.54, 1.807) is 21.0 Å². The smallest absolute Gasteiger partial charge is 0.410 e. The quantitative estimate of drug-likeness (QED) is 0.206. The Morgan fingerprint density at radius 2 is 1.50 bits per heavy atom. The molecule has 5 rings (SSSR count). The molecule has 0 spiro atoms. The number of amides is 2. The van der Waals surface area contributed by atoms with Crippen LogP contribution in [0, 0.1) is 32.1 Å². The van der Waals surface area contributed by atoms with Crippen LogP contribution in [0.25, 0.3) is 0 Å². The average molecular weight is 684 g/mol. The van der Waals surface area contributed by atoms with E-state index < -0.39 is 34.1 Å². The minimum absolute atomic E-state index is 0.0619. The number of hydrogen-bond donors (Lipinski definition) is 1. The summed E-state index contributed by atoms with van der Waals surface area (Å²) < 4.78 is 11.2. The molecule has 0 bridgehead atoms. The summed E-state index contributed by atoms with van der Waals surface area (Å²) in [5, 5.41) is 32.1. The fourth-order valence-corrected chi connectivity index (χ4v) is 7.97. The van der Waals surface area contributed by atoms with Crippen LogP contribution in [0.2, 0.25) is 0 Å². The Bertz CT molecular complexity index is 1610. The second kappa shape index (κ2) is 14.2. The lowest BCUT2D eigenvalue weighted by Crippen LogP contribution is -2.59. The van der Waals surface area contributed by atoms with Gasteiger partial charge in [-0.15, -0.1) is 11.8 Å². The molecule has 3 heterocycles. The molecule has 0 saturated carbocycles. The van der Waals surface area contributed by atoms with E-state index in [9.17, 15) is 39.7 Å². The molecule has 16 heteroatoms. The van der Waals surface area contributed by atoms with Gasteiger partial charge in [-0.05, 0) is 48.7 Å². The number of thioether (sulfide) groups is 1. The van der Waals surface area contributed by atoms with Gasteiger partial charge in [-0.1, -0.05) is 6.92 Å². The number of fused-ring (bicyclic) bond motifs is 1. The van der Waals surface area contributed by atoms with Crippen LogP contribution in [0.4, 0.5) is 16.2 Å². The molecule has 2 aromatic rings. The van der Waals surface area contributed by atoms with E-state index in [4.69, 9.17) is 9.47 Å². The molecule has 1 N–H and O–H groups in total. The highest BCUT2D eigenvalue weighted by Gasteiger charge is 2.55. The Morgan fingerprint density at radius 3 is 2.00 bits per heavy atom. The first-order valence-electron chi connectivity index (χ1n) is 15.4. The molecule has 3 aliphatic heterocycles. The number of ether oxygens (including phenoxy) is 2. The number of nitrogens with zero attached hydrogens (tertiary/aromatic N) is 5. The molecule has 48 heavy (non-hydrogen) atoms. The largest absolute Gasteiger partial charge is 0.456 e. The summed E-state index contributed by atoms with van der Waals surface area (Å²) in [6.07, 6.45) is -0.990. The van der Waals surface area contributed by atoms with E-state index in [2.05, 4.69) is 0 Å². The van der Waals surface area contributed by atoms with E-state index in [-0.39, 0.29) is 60.2 Å². The summed E-state index contributed by atoms with van der Waals surface area (Å²) in [6, 6.07) is 10.4. The van der Waals surface area contributed by atoms with Crippen molar-refractivity contribution in [3.63, 3.8) is 0 Å². The van der Waals surface area contributed by atoms with Crippen molar-refractivity contribution in [2.75, 3.05) is 27.2 Å². The predicted molar refractivity (Wildman–Crippen MR) is 173 cm³/mol. The van der Waals surface area contributed by atoms with Gasteiger partial charge in [0.1, 0.15) is 25.0 Å². The van der Waals surface area contributed by atoms with Crippen molar-refractivity contribution in [3.05, 3.63) is 90.5 Å². The third kappa shape index (κ3) is 7.08. The molecule has 2 fully saturated rings. The molecule has 6 atom stereocenters. The van der Waals surface area contributed by atoms with Crippen molar-refractivity contribution in [3.8, 4) is 0 Å². The number of non-ortho nitro benzene ring substituents is 2. The number of esters is 1. The lowest BCUT2D eigenvalue weighted by molar-refractivity contribution is -0.385. The van der Waals surface area contributed by atoms with Gasteiger partial charge in [-0.2, -0.15) is 0 Å². The number of carbonyl (C=O) groups is 3. The van der Waals surface area contributed by atoms with Crippen LogP contribution in [0.3, 0.4) is 0 Å². The molecule has 256 valence electrons. The van der Waals surface area contributed by atoms with Gasteiger partial charge in [0.2, 0.25) is 5.91 Å². The number of aliphatic hydroxyl groups is 1. The van der Waals surface area contributed by atoms with Crippen molar-refractivity contribution >= 4 is 41.1 Å². The van der Waals surface area contributed by atoms with Gasteiger partial charge in [-0.3, -0.25) is 29.9 Å². The Hall–Kier alpha value is -4.70. The predicted octanol–water partition coefficient (Wildman–Crippen LogP) is 3.69. The Balaban J connectivity index is 1.33. The SMILES string of the molecule is C[C@@H](O)[C@H]1CN2C(C(=O)OCc3ccc([N+](=O)[O-])cc3)=C(S[C@H]3C[C@@H](C(=O)N(C)C)N(C(=O)OCc4ccc([N+](=O)[O-])cc4)C3)[C@H](C)[C@H]12. The summed E-state index contributed by atoms with van der Waals surface area (Å²) in [7, 11) is 3.20. The zero-order valence-corrected chi connectivity index (χ0v) is 27.7. The van der Waals surface area contributed by atoms with E-state index in [0.717, 1.165) is 4.91 Å². The minimum atomic E-state index is -0.807. The van der Waals surface area contributed by atoms with Gasteiger partial charge < -0.3 is 24.4 Å². The number of aliphatic hydroxyl groups excluding tert-OH is 1. The van der Waals surface area contributed by atoms with Gasteiger partial charge >= 0.3 is 12.1 Å². The summed E-state index contributed by atoms with van der Waals surface area (Å²) in [5.74, 6) is -1.04. The molecule has 3 aliphatic rings. The molecule has 2 amide bonds. The summed E-state index contributed by atoms with van der Waals surface area (Å²) >= 11 is 1.42. The molecule has 0 unspecified atom stereocenters. The lowest BCUT2D eigenvalue weighted by Gasteiger charge is -2.49. The summed E-state index contributed by atoms with van der Waals surface area (Å²) in [4.78, 5) is 66.5. The van der Waals surface area contributed by atoms with Gasteiger partial charge in [0.15, 0.2) is 0 Å². The second-order valence-electron chi connectivity index (χ2n) is 12.4. The number of nitro groups is 2. The van der Waals surface area contributed by atoms with E-state index in [1.165, 1.54) is 70.1 Å². The maximum absolute atomic E-state index is 13.6. The number of carbonyl (C=O) groups excluding carboxylic acids is 3. The number of benzene rings is 2. The molecule has 2 saturated heterocycles. The molecule has 0 radical (unpaired) electrons. The third-order valence-corrected chi connectivity index (χ3v) is 10.5. The highest BCUT2D eigenvalue weighted by atomic mass is 32.2. The number of rotatable bonds is 11. The molecule has 15 nitrogen and oxygen atoms in total. The number of likely N-dealkylation sites (tertiary alicyclic amines) is 1. The molecule has 2 aromatic carbocycles. The van der Waals surface area contributed by atoms with Crippen LogP contribution >= 0.6 is 11.8 Å². The van der Waals surface area contributed by atoms with Gasteiger partial charge in [0.25, 0.3) is 11.4 Å². The first-order chi connectivity index (χ1) is 22.8. The number of likely N-dealkylation sites (N-methyl/N-ethyl adjacent to an activating group) is 1. The van der Waals surface area contributed by atoms with Crippen molar-refractivity contribution in [1.29, 1.82) is 0 Å². The summed E-state index contributed by atoms with van der Waals surface area (Å²) in [5.41, 5.74) is 1.35. The van der Waals surface area contributed by atoms with Crippen LogP contribution in [-0.2, 0) is 32.3 Å². The van der Waals surface area contributed by atoms with Crippen molar-refractivity contribution in [2.45, 2.75) is 56.9 Å². The molecular formula is C32H37N5O10S. The average Bonchev–Trinajstić information content (AvgIpc) is 3.54. The van der Waals surface area contributed by atoms with E-state index in [1.807, 2.05) is 11.8 Å². The van der Waals surface area contributed by atoms with Crippen molar-refractivity contribution < 1.29 is 38.8 Å². The van der Waals surface area contributed by atoms with Crippen molar-refractivity contribution in [1.82, 2.24) is 14.7 Å². The Labute approximate surface area is 280 Å². The highest BCUT2D eigenvalue weighted by molar-refractivity contribution is 8.03. The van der Waals surface area contributed by atoms with E-state index >= 15 is 0 Å². The first kappa shape index (κ1) is 34.6. The first-order valence-corrected chi connectivity index (χ1v) is 16.3. The lowest BCUT2D eigenvalue weighted by atomic mass is 9.80. The maximum atomic E-state index is 13.6. The van der Waals surface area contributed by atoms with Gasteiger partial charge in [0.05, 0.1) is 16.0 Å². The molecule has 0 aliphatic carbocycles. The topological polar surface area (TPSA) is 186 Å². The van der Waals surface area contributed by atoms with Crippen LogP contribution in [0.15, 0.2) is 59.1 Å². The molecule has 0 aromatic heterocycles. The number of nitro benzene ring substituents is 2. The highest BCUT2D eigenvalue weighted by Crippen LogP contribution is 2.52. The number of hydrogen-bond acceptors (Lipinski definition) is 12. The Kier molecular flexibility index (Phi) is 10.2. The summed E-state index contributed by atoms with van der Waals surface area (Å²) in [6.45, 7) is 4.10. The van der Waals surface area contributed by atoms with E-state index in [0.29, 0.717) is 29.8 Å². The van der Waals surface area contributed by atoms with Crippen molar-refractivity contribution in [2.24, 2.45) is 11.8 Å². The van der Waals surface area contributed by atoms with Gasteiger partial charge in [-0.25, -0.2) is 9.59 Å². The fourth-order valence-electron chi connectivity index (χ4n) is 6.43. The van der Waals surface area contributed by atoms with Crippen LogP contribution in [0.5, 0.6) is 0 Å². The van der Waals surface area contributed by atoms with Crippen LogP contribution < -0.4 is 0 Å². The van der Waals surface area contributed by atoms with Gasteiger partial charge in [0, 0.05) is 79.5 Å². The third-order valence-electron chi connectivity index (χ3n) is 9.01. The monoisotopic (exact) mass is 683 g/mol. The minimum Gasteiger partial charge on any atom is -0.456 e. The van der Waals surface area contributed by atoms with Crippen LogP contribution in [-0.4, -0.2) is 98.2 Å². The Morgan fingerprint density at radius 1 is 0.958 bits per heavy atom. The zero-order chi connectivity index (χ0) is 34.9. The van der Waals surface area contributed by atoms with Crippen LogP contribution in [0.1, 0.15) is 31.4 Å². The second-order valence-corrected chi connectivity index (χ2v) is 13.7. The fraction of sp³-hybridized carbons (Fsp3) is 0.469. The zero-order valence-electron chi connectivity index (χ0n) is 26.9. The standard InChI is InChI=1S/C32H37N5O10S/c1-18-27-25(19(2)38)15-35(27)28(31(40)46-16-20-5-9-22(10-6-20)36(42)43)29(18)48-24-13-26(30(39)33(3)4)34(14-24)32(41)47-17-21-7-11-23(12-8-21)37(44)45/h5-12,18-19,24-27,38H,13-17H2,1-4H3/t18-,19-,24+,25-,26+,27-/m1/s1.